The molecule has 1 N–H and O–H groups in total. The monoisotopic (exact) mass is 436 g/mol. The highest BCUT2D eigenvalue weighted by Gasteiger charge is 2.41. The summed E-state index contributed by atoms with van der Waals surface area (Å²) in [5, 5.41) is 10.5. The minimum absolute atomic E-state index is 0.237. The van der Waals surface area contributed by atoms with Crippen molar-refractivity contribution >= 4 is 34.6 Å². The summed E-state index contributed by atoms with van der Waals surface area (Å²) < 4.78 is 22.4. The van der Waals surface area contributed by atoms with Crippen LogP contribution in [0.5, 0.6) is 5.75 Å². The Balaban J connectivity index is 1.65. The highest BCUT2D eigenvalue weighted by Crippen LogP contribution is 2.51. The number of aromatic nitrogens is 3. The third kappa shape index (κ3) is 2.66. The molecular formula is C22H14ClFN4OS. The van der Waals surface area contributed by atoms with E-state index in [1.807, 2.05) is 34.3 Å². The lowest BCUT2D eigenvalue weighted by Crippen LogP contribution is -2.32. The van der Waals surface area contributed by atoms with Gasteiger partial charge in [-0.05, 0) is 47.3 Å². The summed E-state index contributed by atoms with van der Waals surface area (Å²) in [5.74, 6) is 1.01. The van der Waals surface area contributed by atoms with Gasteiger partial charge in [-0.1, -0.05) is 29.8 Å². The van der Waals surface area contributed by atoms with E-state index in [1.165, 1.54) is 18.5 Å². The Morgan fingerprint density at radius 1 is 1.13 bits per heavy atom. The molecule has 0 saturated heterocycles. The van der Waals surface area contributed by atoms with Gasteiger partial charge < -0.3 is 10.1 Å². The second-order valence-electron chi connectivity index (χ2n) is 7.09. The molecule has 0 unspecified atom stereocenters. The van der Waals surface area contributed by atoms with E-state index in [0.717, 1.165) is 27.3 Å². The van der Waals surface area contributed by atoms with Crippen molar-refractivity contribution < 1.29 is 9.13 Å². The molecule has 4 heterocycles. The average molecular weight is 437 g/mol. The van der Waals surface area contributed by atoms with Crippen LogP contribution in [0.25, 0.3) is 5.70 Å². The second-order valence-corrected chi connectivity index (χ2v) is 8.51. The van der Waals surface area contributed by atoms with Crippen LogP contribution in [0, 0.1) is 5.82 Å². The van der Waals surface area contributed by atoms with Crippen LogP contribution < -0.4 is 10.1 Å². The van der Waals surface area contributed by atoms with E-state index >= 15 is 0 Å². The van der Waals surface area contributed by atoms with Crippen LogP contribution in [0.15, 0.2) is 71.9 Å². The number of ether oxygens (including phenoxy) is 1. The smallest absolute Gasteiger partial charge is 0.226 e. The third-order valence-corrected chi connectivity index (χ3v) is 6.50. The maximum atomic E-state index is 14.1. The van der Waals surface area contributed by atoms with Gasteiger partial charge in [0.25, 0.3) is 0 Å². The normalized spacial score (nSPS) is 19.4. The zero-order valence-electron chi connectivity index (χ0n) is 15.4. The van der Waals surface area contributed by atoms with Gasteiger partial charge in [0.1, 0.15) is 30.0 Å². The Morgan fingerprint density at radius 2 is 2.07 bits per heavy atom. The molecule has 148 valence electrons. The molecule has 2 atom stereocenters. The number of nitrogens with zero attached hydrogens (tertiary/aromatic N) is 3. The van der Waals surface area contributed by atoms with E-state index < -0.39 is 6.10 Å². The van der Waals surface area contributed by atoms with Crippen LogP contribution in [-0.4, -0.2) is 14.8 Å². The maximum Gasteiger partial charge on any atom is 0.226 e. The van der Waals surface area contributed by atoms with Gasteiger partial charge in [-0.15, -0.1) is 11.3 Å². The largest absolute Gasteiger partial charge is 0.480 e. The molecule has 30 heavy (non-hydrogen) atoms. The zero-order chi connectivity index (χ0) is 20.2. The predicted octanol–water partition coefficient (Wildman–Crippen LogP) is 5.69. The number of anilines is 1. The van der Waals surface area contributed by atoms with Crippen molar-refractivity contribution in [3.8, 4) is 5.75 Å². The average Bonchev–Trinajstić information content (AvgIpc) is 3.44. The summed E-state index contributed by atoms with van der Waals surface area (Å²) in [6.45, 7) is 0. The molecule has 6 rings (SSSR count). The molecule has 8 heteroatoms. The van der Waals surface area contributed by atoms with E-state index in [-0.39, 0.29) is 11.9 Å². The maximum absolute atomic E-state index is 14.1. The van der Waals surface area contributed by atoms with Crippen LogP contribution in [0.2, 0.25) is 5.02 Å². The summed E-state index contributed by atoms with van der Waals surface area (Å²) in [7, 11) is 0. The van der Waals surface area contributed by atoms with Crippen LogP contribution in [0.4, 0.5) is 10.3 Å². The lowest BCUT2D eigenvalue weighted by Gasteiger charge is -2.38. The first kappa shape index (κ1) is 17.7. The number of halogens is 2. The first-order chi connectivity index (χ1) is 14.7. The van der Waals surface area contributed by atoms with Gasteiger partial charge in [-0.25, -0.2) is 9.07 Å². The van der Waals surface area contributed by atoms with E-state index in [1.54, 1.807) is 23.5 Å². The Morgan fingerprint density at radius 3 is 2.90 bits per heavy atom. The molecule has 0 saturated carbocycles. The van der Waals surface area contributed by atoms with Crippen molar-refractivity contribution in [2.24, 2.45) is 0 Å². The topological polar surface area (TPSA) is 52.0 Å². The summed E-state index contributed by atoms with van der Waals surface area (Å²) in [6, 6.07) is 15.9. The van der Waals surface area contributed by atoms with Gasteiger partial charge in [0, 0.05) is 21.0 Å². The Labute approximate surface area is 180 Å². The van der Waals surface area contributed by atoms with Crippen LogP contribution in [0.3, 0.4) is 0 Å². The van der Waals surface area contributed by atoms with Gasteiger partial charge in [0.05, 0.1) is 5.70 Å². The van der Waals surface area contributed by atoms with Crippen molar-refractivity contribution in [2.45, 2.75) is 12.1 Å². The molecule has 0 radical (unpaired) electrons. The quantitative estimate of drug-likeness (QED) is 0.438. The highest BCUT2D eigenvalue weighted by atomic mass is 35.5. The number of rotatable bonds is 2. The molecule has 0 aliphatic carbocycles. The number of nitrogens with one attached hydrogen (secondary N) is 1. The predicted molar refractivity (Wildman–Crippen MR) is 114 cm³/mol. The summed E-state index contributed by atoms with van der Waals surface area (Å²) in [4.78, 5) is 5.48. The summed E-state index contributed by atoms with van der Waals surface area (Å²) in [5.41, 5.74) is 3.39. The number of thiophene rings is 1. The molecule has 2 aromatic heterocycles. The van der Waals surface area contributed by atoms with Crippen molar-refractivity contribution in [3.63, 3.8) is 0 Å². The fourth-order valence-electron chi connectivity index (χ4n) is 4.11. The molecule has 4 aromatic rings. The van der Waals surface area contributed by atoms with Crippen molar-refractivity contribution in [3.05, 3.63) is 98.7 Å². The minimum atomic E-state index is -0.499. The van der Waals surface area contributed by atoms with Gasteiger partial charge in [0.15, 0.2) is 0 Å². The van der Waals surface area contributed by atoms with E-state index in [4.69, 9.17) is 16.3 Å². The molecule has 0 bridgehead atoms. The van der Waals surface area contributed by atoms with Gasteiger partial charge in [-0.2, -0.15) is 10.1 Å². The van der Waals surface area contributed by atoms with E-state index in [2.05, 4.69) is 21.5 Å². The molecule has 0 fully saturated rings. The number of benzene rings is 2. The molecule has 0 amide bonds. The summed E-state index contributed by atoms with van der Waals surface area (Å²) >= 11 is 7.94. The Bertz CT molecular complexity index is 1300. The minimum Gasteiger partial charge on any atom is -0.480 e. The van der Waals surface area contributed by atoms with Gasteiger partial charge in [-0.3, -0.25) is 0 Å². The number of fused-ring (bicyclic) bond motifs is 3. The zero-order valence-corrected chi connectivity index (χ0v) is 17.0. The third-order valence-electron chi connectivity index (χ3n) is 5.34. The molecule has 2 aliphatic rings. The van der Waals surface area contributed by atoms with Gasteiger partial charge >= 0.3 is 0 Å². The Kier molecular flexibility index (Phi) is 3.94. The fraction of sp³-hybridized carbons (Fsp3) is 0.0909. The first-order valence-corrected chi connectivity index (χ1v) is 10.6. The standard InChI is InChI=1S/C22H14ClFN4OS/c23-13-6-7-16-15(10-13)19-18(21(29-16)12-3-1-4-14(24)9-12)20(17-5-2-8-30-17)28-22(27-19)25-11-26-28/h1-11,20-21H,(H,25,26,27)/t20-,21-/m1/s1. The van der Waals surface area contributed by atoms with Crippen LogP contribution in [-0.2, 0) is 0 Å². The van der Waals surface area contributed by atoms with Gasteiger partial charge in [0.2, 0.25) is 5.95 Å². The molecule has 2 aromatic carbocycles. The van der Waals surface area contributed by atoms with Crippen LogP contribution in [0.1, 0.15) is 28.1 Å². The molecular weight excluding hydrogens is 423 g/mol. The molecule has 0 spiro atoms. The summed E-state index contributed by atoms with van der Waals surface area (Å²) in [6.07, 6.45) is 1.03. The van der Waals surface area contributed by atoms with Crippen molar-refractivity contribution in [2.75, 3.05) is 5.32 Å². The number of hydrogen-bond donors (Lipinski definition) is 1. The fourth-order valence-corrected chi connectivity index (χ4v) is 5.11. The SMILES string of the molecule is Fc1cccc([C@H]2Oc3ccc(Cl)cc3C3=C2[C@@H](c2cccs2)n2ncnc2N3)c1. The first-order valence-electron chi connectivity index (χ1n) is 9.35. The second kappa shape index (κ2) is 6.68. The Hall–Kier alpha value is -3.16. The van der Waals surface area contributed by atoms with Crippen molar-refractivity contribution in [1.29, 1.82) is 0 Å². The lowest BCUT2D eigenvalue weighted by molar-refractivity contribution is 0.223. The number of hydrogen-bond acceptors (Lipinski definition) is 5. The van der Waals surface area contributed by atoms with E-state index in [9.17, 15) is 4.39 Å². The molecule has 2 aliphatic heterocycles. The van der Waals surface area contributed by atoms with E-state index in [0.29, 0.717) is 16.7 Å². The molecule has 5 nitrogen and oxygen atoms in total. The lowest BCUT2D eigenvalue weighted by atomic mass is 9.87. The van der Waals surface area contributed by atoms with Crippen LogP contribution >= 0.6 is 22.9 Å². The highest BCUT2D eigenvalue weighted by molar-refractivity contribution is 7.10. The van der Waals surface area contributed by atoms with Crippen molar-refractivity contribution in [1.82, 2.24) is 14.8 Å².